The van der Waals surface area contributed by atoms with Crippen molar-refractivity contribution in [2.24, 2.45) is 5.92 Å². The Hall–Kier alpha value is -1.10. The lowest BCUT2D eigenvalue weighted by Crippen LogP contribution is -2.23. The van der Waals surface area contributed by atoms with Crippen LogP contribution in [0.4, 0.5) is 0 Å². The van der Waals surface area contributed by atoms with Gasteiger partial charge in [0.05, 0.1) is 26.4 Å². The lowest BCUT2D eigenvalue weighted by molar-refractivity contribution is 0.000335. The Bertz CT molecular complexity index is 311. The van der Waals surface area contributed by atoms with Crippen molar-refractivity contribution in [2.75, 3.05) is 20.3 Å². The molecular weight excluding hydrogens is 218 g/mol. The minimum absolute atomic E-state index is 0.374. The summed E-state index contributed by atoms with van der Waals surface area (Å²) in [5.41, 5.74) is 3.60. The molecule has 0 aromatic heterocycles. The van der Waals surface area contributed by atoms with E-state index in [4.69, 9.17) is 9.57 Å². The summed E-state index contributed by atoms with van der Waals surface area (Å²) in [5.74, 6) is 1.26. The van der Waals surface area contributed by atoms with E-state index in [1.54, 1.807) is 7.11 Å². The third kappa shape index (κ3) is 5.17. The van der Waals surface area contributed by atoms with E-state index in [-0.39, 0.29) is 0 Å². The van der Waals surface area contributed by atoms with Gasteiger partial charge in [-0.15, -0.1) is 0 Å². The molecule has 17 heavy (non-hydrogen) atoms. The van der Waals surface area contributed by atoms with E-state index in [0.29, 0.717) is 19.1 Å². The van der Waals surface area contributed by atoms with Gasteiger partial charge in [0.2, 0.25) is 0 Å². The summed E-state index contributed by atoms with van der Waals surface area (Å²) in [4.78, 5) is 5.20. The molecule has 0 saturated carbocycles. The normalized spacial score (nSPS) is 12.8. The molecule has 0 aliphatic heterocycles. The maximum absolute atomic E-state index is 9.87. The van der Waals surface area contributed by atoms with Crippen LogP contribution in [0.3, 0.4) is 0 Å². The molecule has 0 aliphatic carbocycles. The highest BCUT2D eigenvalue weighted by Gasteiger charge is 2.07. The van der Waals surface area contributed by atoms with Crippen molar-refractivity contribution in [1.29, 1.82) is 0 Å². The molecule has 4 nitrogen and oxygen atoms in total. The van der Waals surface area contributed by atoms with Gasteiger partial charge in [-0.05, 0) is 23.6 Å². The van der Waals surface area contributed by atoms with Crippen LogP contribution in [-0.2, 0) is 4.84 Å². The predicted octanol–water partition coefficient (Wildman–Crippen LogP) is 1.91. The van der Waals surface area contributed by atoms with E-state index in [2.05, 4.69) is 19.3 Å². The van der Waals surface area contributed by atoms with E-state index in [1.807, 2.05) is 24.3 Å². The molecule has 1 atom stereocenters. The molecule has 0 heterocycles. The molecule has 0 saturated heterocycles. The van der Waals surface area contributed by atoms with Crippen molar-refractivity contribution < 1.29 is 14.7 Å². The fraction of sp³-hybridized carbons (Fsp3) is 0.538. The fourth-order valence-electron chi connectivity index (χ4n) is 1.31. The second-order valence-corrected chi connectivity index (χ2v) is 4.34. The first-order valence-electron chi connectivity index (χ1n) is 5.80. The van der Waals surface area contributed by atoms with Gasteiger partial charge in [0.25, 0.3) is 0 Å². The zero-order valence-corrected chi connectivity index (χ0v) is 10.6. The van der Waals surface area contributed by atoms with E-state index in [0.717, 1.165) is 11.3 Å². The predicted molar refractivity (Wildman–Crippen MR) is 66.7 cm³/mol. The summed E-state index contributed by atoms with van der Waals surface area (Å²) in [6, 6.07) is 7.34. The van der Waals surface area contributed by atoms with Crippen LogP contribution in [0, 0.1) is 5.92 Å². The summed E-state index contributed by atoms with van der Waals surface area (Å²) < 4.78 is 5.05. The number of aliphatic hydroxyl groups is 1. The van der Waals surface area contributed by atoms with Gasteiger partial charge in [0.1, 0.15) is 5.75 Å². The van der Waals surface area contributed by atoms with Crippen molar-refractivity contribution in [3.63, 3.8) is 0 Å². The van der Waals surface area contributed by atoms with E-state index >= 15 is 0 Å². The smallest absolute Gasteiger partial charge is 0.118 e. The number of hydroxylamine groups is 1. The van der Waals surface area contributed by atoms with Gasteiger partial charge in [0, 0.05) is 0 Å². The number of hydrogen-bond donors (Lipinski definition) is 2. The minimum atomic E-state index is -0.576. The van der Waals surface area contributed by atoms with E-state index in [1.165, 1.54) is 0 Å². The van der Waals surface area contributed by atoms with Gasteiger partial charge < -0.3 is 14.7 Å². The van der Waals surface area contributed by atoms with Crippen LogP contribution in [0.2, 0.25) is 0 Å². The Morgan fingerprint density at radius 1 is 1.24 bits per heavy atom. The van der Waals surface area contributed by atoms with Gasteiger partial charge in [-0.2, -0.15) is 5.48 Å². The minimum Gasteiger partial charge on any atom is -0.497 e. The standard InChI is InChI=1S/C13H21NO3/c1-10(2)9-17-14-8-13(15)11-4-6-12(16-3)7-5-11/h4-7,10,13-15H,8-9H2,1-3H3. The molecule has 1 unspecified atom stereocenters. The number of nitrogens with one attached hydrogen (secondary N) is 1. The van der Waals surface area contributed by atoms with Gasteiger partial charge >= 0.3 is 0 Å². The first kappa shape index (κ1) is 14.0. The first-order chi connectivity index (χ1) is 8.13. The maximum atomic E-state index is 9.87. The van der Waals surface area contributed by atoms with Crippen LogP contribution in [-0.4, -0.2) is 25.4 Å². The van der Waals surface area contributed by atoms with Crippen molar-refractivity contribution in [1.82, 2.24) is 5.48 Å². The molecule has 4 heteroatoms. The molecule has 1 aromatic rings. The molecule has 0 spiro atoms. The maximum Gasteiger partial charge on any atom is 0.118 e. The number of methoxy groups -OCH3 is 1. The van der Waals surface area contributed by atoms with Gasteiger partial charge in [-0.1, -0.05) is 26.0 Å². The van der Waals surface area contributed by atoms with Gasteiger partial charge in [0.15, 0.2) is 0 Å². The van der Waals surface area contributed by atoms with Crippen LogP contribution in [0.15, 0.2) is 24.3 Å². The highest BCUT2D eigenvalue weighted by molar-refractivity contribution is 5.28. The van der Waals surface area contributed by atoms with E-state index in [9.17, 15) is 5.11 Å². The molecule has 0 fully saturated rings. The molecule has 1 rings (SSSR count). The SMILES string of the molecule is COc1ccc(C(O)CNOCC(C)C)cc1. The van der Waals surface area contributed by atoms with Crippen molar-refractivity contribution in [3.8, 4) is 5.75 Å². The molecule has 2 N–H and O–H groups in total. The summed E-state index contributed by atoms with van der Waals surface area (Å²) >= 11 is 0. The first-order valence-corrected chi connectivity index (χ1v) is 5.80. The molecular formula is C13H21NO3. The van der Waals surface area contributed by atoms with Crippen molar-refractivity contribution in [2.45, 2.75) is 20.0 Å². The number of ether oxygens (including phenoxy) is 1. The molecule has 0 radical (unpaired) electrons. The molecule has 0 bridgehead atoms. The Balaban J connectivity index is 2.33. The largest absolute Gasteiger partial charge is 0.497 e. The van der Waals surface area contributed by atoms with Crippen LogP contribution in [0.5, 0.6) is 5.75 Å². The van der Waals surface area contributed by atoms with Crippen molar-refractivity contribution in [3.05, 3.63) is 29.8 Å². The number of rotatable bonds is 7. The second-order valence-electron chi connectivity index (χ2n) is 4.34. The highest BCUT2D eigenvalue weighted by atomic mass is 16.6. The summed E-state index contributed by atoms with van der Waals surface area (Å²) in [6.45, 7) is 5.15. The quantitative estimate of drug-likeness (QED) is 0.563. The summed E-state index contributed by atoms with van der Waals surface area (Å²) in [5, 5.41) is 9.87. The molecule has 0 amide bonds. The van der Waals surface area contributed by atoms with Gasteiger partial charge in [-0.3, -0.25) is 0 Å². The average molecular weight is 239 g/mol. The number of aliphatic hydroxyl groups excluding tert-OH is 1. The monoisotopic (exact) mass is 239 g/mol. The number of benzene rings is 1. The molecule has 1 aromatic carbocycles. The topological polar surface area (TPSA) is 50.7 Å². The zero-order chi connectivity index (χ0) is 12.7. The van der Waals surface area contributed by atoms with E-state index < -0.39 is 6.10 Å². The average Bonchev–Trinajstić information content (AvgIpc) is 2.34. The number of hydrogen-bond acceptors (Lipinski definition) is 4. The van der Waals surface area contributed by atoms with Crippen LogP contribution >= 0.6 is 0 Å². The Kier molecular flexibility index (Phi) is 5.97. The fourth-order valence-corrected chi connectivity index (χ4v) is 1.31. The molecule has 0 aliphatic rings. The Morgan fingerprint density at radius 2 is 1.88 bits per heavy atom. The Labute approximate surface area is 103 Å². The summed E-state index contributed by atoms with van der Waals surface area (Å²) in [6.07, 6.45) is -0.576. The lowest BCUT2D eigenvalue weighted by atomic mass is 10.1. The van der Waals surface area contributed by atoms with Crippen LogP contribution in [0.25, 0.3) is 0 Å². The summed E-state index contributed by atoms with van der Waals surface area (Å²) in [7, 11) is 1.62. The third-order valence-corrected chi connectivity index (χ3v) is 2.30. The second kappa shape index (κ2) is 7.27. The highest BCUT2D eigenvalue weighted by Crippen LogP contribution is 2.16. The van der Waals surface area contributed by atoms with Gasteiger partial charge in [-0.25, -0.2) is 0 Å². The molecule has 96 valence electrons. The van der Waals surface area contributed by atoms with Crippen molar-refractivity contribution >= 4 is 0 Å². The lowest BCUT2D eigenvalue weighted by Gasteiger charge is -2.13. The Morgan fingerprint density at radius 3 is 2.41 bits per heavy atom. The zero-order valence-electron chi connectivity index (χ0n) is 10.6. The van der Waals surface area contributed by atoms with Crippen LogP contribution in [0.1, 0.15) is 25.5 Å². The van der Waals surface area contributed by atoms with Crippen LogP contribution < -0.4 is 10.2 Å². The third-order valence-electron chi connectivity index (χ3n) is 2.30.